The molecule has 3 nitrogen and oxygen atoms in total. The summed E-state index contributed by atoms with van der Waals surface area (Å²) in [7, 11) is -1.19. The average molecular weight is 309 g/mol. The summed E-state index contributed by atoms with van der Waals surface area (Å²) in [5.41, 5.74) is 3.44. The number of nitrogens with one attached hydrogen (secondary N) is 1. The van der Waals surface area contributed by atoms with Crippen molar-refractivity contribution in [3.05, 3.63) is 34.9 Å². The predicted octanol–water partition coefficient (Wildman–Crippen LogP) is 3.31. The second-order valence-electron chi connectivity index (χ2n) is 6.35. The van der Waals surface area contributed by atoms with E-state index in [0.29, 0.717) is 0 Å². The van der Waals surface area contributed by atoms with E-state index in [-0.39, 0.29) is 17.0 Å². The van der Waals surface area contributed by atoms with Crippen LogP contribution in [0.1, 0.15) is 54.8 Å². The minimum Gasteiger partial charge on any atom is -0.312 e. The second-order valence-corrected chi connectivity index (χ2v) is 8.68. The van der Waals surface area contributed by atoms with Crippen LogP contribution in [0.5, 0.6) is 0 Å². The van der Waals surface area contributed by atoms with Crippen molar-refractivity contribution in [2.24, 2.45) is 0 Å². The van der Waals surface area contributed by atoms with Crippen LogP contribution < -0.4 is 5.32 Å². The molecule has 1 aromatic carbocycles. The van der Waals surface area contributed by atoms with Crippen LogP contribution in [0.4, 0.5) is 0 Å². The van der Waals surface area contributed by atoms with E-state index in [9.17, 15) is 8.42 Å². The first kappa shape index (κ1) is 16.5. The van der Waals surface area contributed by atoms with Gasteiger partial charge in [0.1, 0.15) is 0 Å². The first-order valence-corrected chi connectivity index (χ1v) is 9.61. The van der Waals surface area contributed by atoms with Gasteiger partial charge in [-0.1, -0.05) is 48.6 Å². The summed E-state index contributed by atoms with van der Waals surface area (Å²) in [5.74, 6) is 0.205. The van der Waals surface area contributed by atoms with E-state index < -0.39 is 9.84 Å². The van der Waals surface area contributed by atoms with Crippen molar-refractivity contribution in [2.75, 3.05) is 12.8 Å². The van der Waals surface area contributed by atoms with Crippen LogP contribution >= 0.6 is 0 Å². The molecule has 1 aliphatic carbocycles. The molecule has 4 heteroatoms. The highest BCUT2D eigenvalue weighted by Gasteiger charge is 2.30. The Morgan fingerprint density at radius 3 is 2.19 bits per heavy atom. The third kappa shape index (κ3) is 4.30. The van der Waals surface area contributed by atoms with Gasteiger partial charge in [0.25, 0.3) is 0 Å². The number of hydrogen-bond donors (Lipinski definition) is 1. The molecule has 0 aliphatic heterocycles. The van der Waals surface area contributed by atoms with Gasteiger partial charge in [0.2, 0.25) is 0 Å². The Labute approximate surface area is 129 Å². The van der Waals surface area contributed by atoms with Crippen molar-refractivity contribution in [1.82, 2.24) is 5.32 Å². The Morgan fingerprint density at radius 2 is 1.67 bits per heavy atom. The van der Waals surface area contributed by atoms with Crippen LogP contribution in [0.2, 0.25) is 0 Å². The Kier molecular flexibility index (Phi) is 5.44. The van der Waals surface area contributed by atoms with E-state index in [1.54, 1.807) is 0 Å². The smallest absolute Gasteiger partial charge is 0.155 e. The number of benzene rings is 1. The molecular formula is C17H27NO2S. The number of sulfone groups is 1. The topological polar surface area (TPSA) is 46.2 Å². The SMILES string of the molecule is CNC(CS(=O)(=O)C1CCCCC1)c1cc(C)cc(C)c1. The molecule has 0 amide bonds. The first-order valence-electron chi connectivity index (χ1n) is 7.89. The lowest BCUT2D eigenvalue weighted by molar-refractivity contribution is 0.479. The molecule has 1 aliphatic rings. The van der Waals surface area contributed by atoms with Crippen LogP contribution in [0.25, 0.3) is 0 Å². The molecular weight excluding hydrogens is 282 g/mol. The second kappa shape index (κ2) is 6.93. The molecule has 1 N–H and O–H groups in total. The summed E-state index contributed by atoms with van der Waals surface area (Å²) >= 11 is 0. The van der Waals surface area contributed by atoms with E-state index in [1.165, 1.54) is 17.5 Å². The molecule has 2 rings (SSSR count). The lowest BCUT2D eigenvalue weighted by Gasteiger charge is -2.25. The van der Waals surface area contributed by atoms with Crippen molar-refractivity contribution in [2.45, 2.75) is 57.2 Å². The zero-order valence-electron chi connectivity index (χ0n) is 13.4. The van der Waals surface area contributed by atoms with Gasteiger partial charge in [-0.25, -0.2) is 8.42 Å². The predicted molar refractivity (Wildman–Crippen MR) is 88.4 cm³/mol. The van der Waals surface area contributed by atoms with Gasteiger partial charge >= 0.3 is 0 Å². The minimum absolute atomic E-state index is 0.115. The average Bonchev–Trinajstić information content (AvgIpc) is 2.44. The lowest BCUT2D eigenvalue weighted by Crippen LogP contribution is -2.33. The van der Waals surface area contributed by atoms with Crippen LogP contribution in [-0.4, -0.2) is 26.5 Å². The molecule has 1 aromatic rings. The fourth-order valence-corrected chi connectivity index (χ4v) is 5.50. The van der Waals surface area contributed by atoms with Crippen LogP contribution in [0.15, 0.2) is 18.2 Å². The first-order chi connectivity index (χ1) is 9.92. The number of rotatable bonds is 5. The zero-order valence-corrected chi connectivity index (χ0v) is 14.2. The Hall–Kier alpha value is -0.870. The molecule has 0 heterocycles. The molecule has 1 atom stereocenters. The summed E-state index contributed by atoms with van der Waals surface area (Å²) in [5, 5.41) is 3.06. The summed E-state index contributed by atoms with van der Waals surface area (Å²) in [6, 6.07) is 6.18. The zero-order chi connectivity index (χ0) is 15.5. The molecule has 0 bridgehead atoms. The Balaban J connectivity index is 2.17. The molecule has 0 radical (unpaired) electrons. The lowest BCUT2D eigenvalue weighted by atomic mass is 10.0. The van der Waals surface area contributed by atoms with Crippen molar-refractivity contribution in [1.29, 1.82) is 0 Å². The summed E-state index contributed by atoms with van der Waals surface area (Å²) < 4.78 is 25.3. The summed E-state index contributed by atoms with van der Waals surface area (Å²) in [6.07, 6.45) is 4.96. The monoisotopic (exact) mass is 309 g/mol. The van der Waals surface area contributed by atoms with Crippen LogP contribution in [0, 0.1) is 13.8 Å². The third-order valence-electron chi connectivity index (χ3n) is 4.45. The molecule has 0 spiro atoms. The van der Waals surface area contributed by atoms with Gasteiger partial charge < -0.3 is 5.32 Å². The highest BCUT2D eigenvalue weighted by atomic mass is 32.2. The molecule has 1 saturated carbocycles. The van der Waals surface area contributed by atoms with Gasteiger partial charge in [0.05, 0.1) is 11.0 Å². The van der Waals surface area contributed by atoms with Gasteiger partial charge in [0, 0.05) is 6.04 Å². The van der Waals surface area contributed by atoms with E-state index >= 15 is 0 Å². The summed E-state index contributed by atoms with van der Waals surface area (Å²) in [6.45, 7) is 4.11. The van der Waals surface area contributed by atoms with Gasteiger partial charge in [0.15, 0.2) is 9.84 Å². The molecule has 1 unspecified atom stereocenters. The third-order valence-corrected chi connectivity index (χ3v) is 6.74. The molecule has 118 valence electrons. The maximum atomic E-state index is 12.7. The maximum Gasteiger partial charge on any atom is 0.155 e. The van der Waals surface area contributed by atoms with E-state index in [0.717, 1.165) is 31.2 Å². The van der Waals surface area contributed by atoms with Gasteiger partial charge in [-0.2, -0.15) is 0 Å². The molecule has 1 fully saturated rings. The molecule has 0 aromatic heterocycles. The molecule has 0 saturated heterocycles. The highest BCUT2D eigenvalue weighted by Crippen LogP contribution is 2.27. The van der Waals surface area contributed by atoms with Crippen LogP contribution in [0.3, 0.4) is 0 Å². The van der Waals surface area contributed by atoms with E-state index in [4.69, 9.17) is 0 Å². The normalized spacial score (nSPS) is 18.6. The van der Waals surface area contributed by atoms with Crippen molar-refractivity contribution in [3.63, 3.8) is 0 Å². The largest absolute Gasteiger partial charge is 0.312 e. The Bertz CT molecular complexity index is 554. The maximum absolute atomic E-state index is 12.7. The van der Waals surface area contributed by atoms with Crippen molar-refractivity contribution < 1.29 is 8.42 Å². The van der Waals surface area contributed by atoms with Gasteiger partial charge in [-0.3, -0.25) is 0 Å². The fourth-order valence-electron chi connectivity index (χ4n) is 3.35. The van der Waals surface area contributed by atoms with E-state index in [2.05, 4.69) is 37.4 Å². The van der Waals surface area contributed by atoms with Gasteiger partial charge in [-0.15, -0.1) is 0 Å². The Morgan fingerprint density at radius 1 is 1.10 bits per heavy atom. The summed E-state index contributed by atoms with van der Waals surface area (Å²) in [4.78, 5) is 0. The fraction of sp³-hybridized carbons (Fsp3) is 0.647. The molecule has 21 heavy (non-hydrogen) atoms. The standard InChI is InChI=1S/C17H27NO2S/c1-13-9-14(2)11-15(10-13)17(18-3)12-21(19,20)16-7-5-4-6-8-16/h9-11,16-18H,4-8,12H2,1-3H3. The quantitative estimate of drug-likeness (QED) is 0.907. The van der Waals surface area contributed by atoms with Crippen molar-refractivity contribution in [3.8, 4) is 0 Å². The van der Waals surface area contributed by atoms with Crippen molar-refractivity contribution >= 4 is 9.84 Å². The minimum atomic E-state index is -3.03. The van der Waals surface area contributed by atoms with E-state index in [1.807, 2.05) is 7.05 Å². The number of hydrogen-bond acceptors (Lipinski definition) is 3. The number of aryl methyl sites for hydroxylation is 2. The van der Waals surface area contributed by atoms with Gasteiger partial charge in [-0.05, 0) is 39.3 Å². The highest BCUT2D eigenvalue weighted by molar-refractivity contribution is 7.92. The van der Waals surface area contributed by atoms with Crippen LogP contribution in [-0.2, 0) is 9.84 Å².